The Bertz CT molecular complexity index is 590. The molecule has 5 nitrogen and oxygen atoms in total. The largest absolute Gasteiger partial charge is 0.327 e. The highest BCUT2D eigenvalue weighted by Gasteiger charge is 2.44. The van der Waals surface area contributed by atoms with E-state index in [4.69, 9.17) is 0 Å². The van der Waals surface area contributed by atoms with Gasteiger partial charge < -0.3 is 4.90 Å². The molecular weight excluding hydrogens is 268 g/mol. The second kappa shape index (κ2) is 5.31. The van der Waals surface area contributed by atoms with Crippen LogP contribution >= 0.6 is 0 Å². The van der Waals surface area contributed by atoms with Gasteiger partial charge in [0.15, 0.2) is 5.78 Å². The van der Waals surface area contributed by atoms with Crippen LogP contribution < -0.4 is 0 Å². The Labute approximate surface area is 123 Å². The fourth-order valence-corrected chi connectivity index (χ4v) is 2.55. The smallest absolute Gasteiger partial charge is 0.312 e. The van der Waals surface area contributed by atoms with Gasteiger partial charge >= 0.3 is 6.03 Å². The molecule has 1 heterocycles. The van der Waals surface area contributed by atoms with Crippen molar-refractivity contribution in [3.63, 3.8) is 0 Å². The molecule has 0 atom stereocenters. The minimum absolute atomic E-state index is 0.117. The third-order valence-electron chi connectivity index (χ3n) is 4.06. The molecule has 110 valence electrons. The maximum Gasteiger partial charge on any atom is 0.327 e. The second-order valence-electron chi connectivity index (χ2n) is 5.60. The first kappa shape index (κ1) is 13.8. The second-order valence-corrected chi connectivity index (χ2v) is 5.60. The SMILES string of the molecule is CCc1ccc(C(=O)CN2C(=O)CN(C3CC3)C2=O)cc1. The Morgan fingerprint density at radius 3 is 2.43 bits per heavy atom. The van der Waals surface area contributed by atoms with Gasteiger partial charge in [-0.05, 0) is 24.8 Å². The van der Waals surface area contributed by atoms with Gasteiger partial charge in [0, 0.05) is 11.6 Å². The van der Waals surface area contributed by atoms with Gasteiger partial charge in [0.2, 0.25) is 0 Å². The van der Waals surface area contributed by atoms with Crippen molar-refractivity contribution >= 4 is 17.7 Å². The Balaban J connectivity index is 1.68. The summed E-state index contributed by atoms with van der Waals surface area (Å²) in [4.78, 5) is 38.9. The maximum atomic E-state index is 12.2. The number of hydrogen-bond acceptors (Lipinski definition) is 3. The number of amides is 3. The Morgan fingerprint density at radius 2 is 1.86 bits per heavy atom. The number of rotatable bonds is 5. The Morgan fingerprint density at radius 1 is 1.19 bits per heavy atom. The first-order chi connectivity index (χ1) is 10.1. The van der Waals surface area contributed by atoms with Crippen LogP contribution in [0.15, 0.2) is 24.3 Å². The van der Waals surface area contributed by atoms with Crippen LogP contribution in [0.5, 0.6) is 0 Å². The number of urea groups is 1. The molecule has 2 fully saturated rings. The predicted molar refractivity (Wildman–Crippen MR) is 77.0 cm³/mol. The van der Waals surface area contributed by atoms with Crippen molar-refractivity contribution in [2.45, 2.75) is 32.2 Å². The quantitative estimate of drug-likeness (QED) is 0.613. The molecule has 5 heteroatoms. The molecule has 1 saturated carbocycles. The van der Waals surface area contributed by atoms with Gasteiger partial charge in [-0.15, -0.1) is 0 Å². The van der Waals surface area contributed by atoms with E-state index in [1.807, 2.05) is 19.1 Å². The summed E-state index contributed by atoms with van der Waals surface area (Å²) in [5, 5.41) is 0. The minimum Gasteiger partial charge on any atom is -0.312 e. The van der Waals surface area contributed by atoms with Crippen LogP contribution in [0.3, 0.4) is 0 Å². The molecule has 0 aromatic heterocycles. The van der Waals surface area contributed by atoms with Crippen molar-refractivity contribution in [2.75, 3.05) is 13.1 Å². The lowest BCUT2D eigenvalue weighted by molar-refractivity contribution is -0.125. The zero-order valence-electron chi connectivity index (χ0n) is 12.0. The first-order valence-electron chi connectivity index (χ1n) is 7.33. The number of imide groups is 1. The Hall–Kier alpha value is -2.17. The molecule has 21 heavy (non-hydrogen) atoms. The van der Waals surface area contributed by atoms with E-state index in [0.29, 0.717) is 5.56 Å². The molecular formula is C16H18N2O3. The van der Waals surface area contributed by atoms with Crippen LogP contribution in [0.25, 0.3) is 0 Å². The van der Waals surface area contributed by atoms with Crippen molar-refractivity contribution in [1.82, 2.24) is 9.80 Å². The summed E-state index contributed by atoms with van der Waals surface area (Å²) in [7, 11) is 0. The third kappa shape index (κ3) is 2.68. The normalized spacial score (nSPS) is 18.5. The van der Waals surface area contributed by atoms with E-state index in [1.54, 1.807) is 17.0 Å². The highest BCUT2D eigenvalue weighted by molar-refractivity contribution is 6.08. The molecule has 1 saturated heterocycles. The van der Waals surface area contributed by atoms with Crippen molar-refractivity contribution < 1.29 is 14.4 Å². The van der Waals surface area contributed by atoms with E-state index < -0.39 is 0 Å². The third-order valence-corrected chi connectivity index (χ3v) is 4.06. The number of benzene rings is 1. The van der Waals surface area contributed by atoms with Gasteiger partial charge in [-0.3, -0.25) is 14.5 Å². The average molecular weight is 286 g/mol. The first-order valence-corrected chi connectivity index (χ1v) is 7.33. The molecule has 1 aliphatic carbocycles. The molecule has 0 unspecified atom stereocenters. The zero-order valence-corrected chi connectivity index (χ0v) is 12.0. The molecule has 2 aliphatic rings. The number of ketones is 1. The molecule has 1 aromatic carbocycles. The van der Waals surface area contributed by atoms with Crippen molar-refractivity contribution in [3.05, 3.63) is 35.4 Å². The van der Waals surface area contributed by atoms with Crippen molar-refractivity contribution in [1.29, 1.82) is 0 Å². The number of aryl methyl sites for hydroxylation is 1. The maximum absolute atomic E-state index is 12.2. The van der Waals surface area contributed by atoms with Crippen molar-refractivity contribution in [2.24, 2.45) is 0 Å². The molecule has 0 radical (unpaired) electrons. The standard InChI is InChI=1S/C16H18N2O3/c1-2-11-3-5-12(6-4-11)14(19)9-18-15(20)10-17(16(18)21)13-7-8-13/h3-6,13H,2,7-10H2,1H3. The van der Waals surface area contributed by atoms with E-state index in [9.17, 15) is 14.4 Å². The lowest BCUT2D eigenvalue weighted by Gasteiger charge is -2.15. The Kier molecular flexibility index (Phi) is 3.49. The predicted octanol–water partition coefficient (Wildman–Crippen LogP) is 1.86. The highest BCUT2D eigenvalue weighted by Crippen LogP contribution is 2.30. The van der Waals surface area contributed by atoms with Crippen LogP contribution in [0, 0.1) is 0 Å². The van der Waals surface area contributed by atoms with E-state index in [1.165, 1.54) is 0 Å². The molecule has 3 rings (SSSR count). The van der Waals surface area contributed by atoms with E-state index in [2.05, 4.69) is 0 Å². The van der Waals surface area contributed by atoms with E-state index >= 15 is 0 Å². The monoisotopic (exact) mass is 286 g/mol. The topological polar surface area (TPSA) is 57.7 Å². The molecule has 0 bridgehead atoms. The lowest BCUT2D eigenvalue weighted by Crippen LogP contribution is -2.37. The molecule has 0 N–H and O–H groups in total. The summed E-state index contributed by atoms with van der Waals surface area (Å²) in [6, 6.07) is 7.19. The van der Waals surface area contributed by atoms with Crippen LogP contribution in [-0.4, -0.2) is 46.7 Å². The van der Waals surface area contributed by atoms with Gasteiger partial charge in [-0.1, -0.05) is 31.2 Å². The summed E-state index contributed by atoms with van der Waals surface area (Å²) in [6.45, 7) is 2.00. The summed E-state index contributed by atoms with van der Waals surface area (Å²) in [5.41, 5.74) is 1.69. The average Bonchev–Trinajstić information content (AvgIpc) is 3.30. The molecule has 1 aromatic rings. The number of carbonyl (C=O) groups is 3. The van der Waals surface area contributed by atoms with Crippen LogP contribution in [-0.2, 0) is 11.2 Å². The number of Topliss-reactive ketones (excluding diaryl/α,β-unsaturated/α-hetero) is 1. The summed E-state index contributed by atoms with van der Waals surface area (Å²) >= 11 is 0. The number of nitrogens with zero attached hydrogens (tertiary/aromatic N) is 2. The molecule has 1 aliphatic heterocycles. The van der Waals surface area contributed by atoms with Gasteiger partial charge in [-0.2, -0.15) is 0 Å². The number of hydrogen-bond donors (Lipinski definition) is 0. The van der Waals surface area contributed by atoms with E-state index in [-0.39, 0.29) is 36.9 Å². The lowest BCUT2D eigenvalue weighted by atomic mass is 10.1. The van der Waals surface area contributed by atoms with Crippen LogP contribution in [0.4, 0.5) is 4.79 Å². The van der Waals surface area contributed by atoms with Crippen LogP contribution in [0.1, 0.15) is 35.7 Å². The number of carbonyl (C=O) groups excluding carboxylic acids is 3. The summed E-state index contributed by atoms with van der Waals surface area (Å²) in [5.74, 6) is -0.470. The van der Waals surface area contributed by atoms with Gasteiger partial charge in [0.25, 0.3) is 5.91 Å². The van der Waals surface area contributed by atoms with E-state index in [0.717, 1.165) is 29.7 Å². The minimum atomic E-state index is -0.318. The highest BCUT2D eigenvalue weighted by atomic mass is 16.2. The fraction of sp³-hybridized carbons (Fsp3) is 0.438. The molecule has 3 amide bonds. The zero-order chi connectivity index (χ0) is 15.0. The van der Waals surface area contributed by atoms with Gasteiger partial charge in [0.1, 0.15) is 6.54 Å². The molecule has 0 spiro atoms. The summed E-state index contributed by atoms with van der Waals surface area (Å²) < 4.78 is 0. The van der Waals surface area contributed by atoms with Crippen LogP contribution in [0.2, 0.25) is 0 Å². The van der Waals surface area contributed by atoms with Crippen molar-refractivity contribution in [3.8, 4) is 0 Å². The fourth-order valence-electron chi connectivity index (χ4n) is 2.55. The van der Waals surface area contributed by atoms with Gasteiger partial charge in [-0.25, -0.2) is 4.79 Å². The summed E-state index contributed by atoms with van der Waals surface area (Å²) in [6.07, 6.45) is 2.83. The van der Waals surface area contributed by atoms with Gasteiger partial charge in [0.05, 0.1) is 6.54 Å².